The van der Waals surface area contributed by atoms with E-state index in [1.807, 2.05) is 28.9 Å². The number of hydrogen-bond acceptors (Lipinski definition) is 3. The Morgan fingerprint density at radius 1 is 0.385 bits per heavy atom. The van der Waals surface area contributed by atoms with Gasteiger partial charge in [-0.1, -0.05) is 115 Å². The molecule has 0 radical (unpaired) electrons. The van der Waals surface area contributed by atoms with Crippen molar-refractivity contribution in [3.63, 3.8) is 0 Å². The van der Waals surface area contributed by atoms with Gasteiger partial charge >= 0.3 is 0 Å². The van der Waals surface area contributed by atoms with Gasteiger partial charge in [0.15, 0.2) is 5.82 Å². The molecule has 0 aliphatic carbocycles. The van der Waals surface area contributed by atoms with Gasteiger partial charge in [0.1, 0.15) is 0 Å². The third-order valence-corrected chi connectivity index (χ3v) is 13.2. The molecule has 0 saturated carbocycles. The molecule has 0 aliphatic rings. The van der Waals surface area contributed by atoms with Gasteiger partial charge in [-0.15, -0.1) is 22.7 Å². The van der Waals surface area contributed by atoms with Crippen LogP contribution in [0.15, 0.2) is 164 Å². The number of nitrogens with zero attached hydrogens (tertiary/aromatic N) is 3. The molecule has 5 heterocycles. The Balaban J connectivity index is 1.27. The van der Waals surface area contributed by atoms with Crippen LogP contribution in [-0.2, 0) is 0 Å². The maximum Gasteiger partial charge on any atom is 0.155 e. The van der Waals surface area contributed by atoms with Crippen molar-refractivity contribution < 1.29 is 0 Å². The second-order valence-electron chi connectivity index (χ2n) is 13.5. The van der Waals surface area contributed by atoms with Gasteiger partial charge in [-0.05, 0) is 53.6 Å². The zero-order valence-electron chi connectivity index (χ0n) is 27.7. The summed E-state index contributed by atoms with van der Waals surface area (Å²) >= 11 is 3.80. The summed E-state index contributed by atoms with van der Waals surface area (Å²) < 4.78 is 10.0. The minimum absolute atomic E-state index is 0.979. The Kier molecular flexibility index (Phi) is 5.81. The van der Waals surface area contributed by atoms with Crippen LogP contribution in [0, 0.1) is 0 Å². The molecule has 242 valence electrons. The van der Waals surface area contributed by atoms with Gasteiger partial charge in [0.05, 0.1) is 31.5 Å². The van der Waals surface area contributed by atoms with E-state index < -0.39 is 0 Å². The van der Waals surface area contributed by atoms with Gasteiger partial charge in [-0.25, -0.2) is 4.98 Å². The smallest absolute Gasteiger partial charge is 0.155 e. The fourth-order valence-electron chi connectivity index (χ4n) is 8.59. The lowest BCUT2D eigenvalue weighted by Crippen LogP contribution is -1.96. The second-order valence-corrected chi connectivity index (χ2v) is 15.6. The van der Waals surface area contributed by atoms with Crippen LogP contribution in [-0.4, -0.2) is 14.1 Å². The molecule has 0 atom stereocenters. The molecular formula is C47H27N3S2. The Morgan fingerprint density at radius 3 is 1.69 bits per heavy atom. The monoisotopic (exact) mass is 697 g/mol. The van der Waals surface area contributed by atoms with Crippen LogP contribution in [0.2, 0.25) is 0 Å². The number of pyridine rings is 1. The summed E-state index contributed by atoms with van der Waals surface area (Å²) in [6.45, 7) is 0. The van der Waals surface area contributed by atoms with Crippen LogP contribution in [0.3, 0.4) is 0 Å². The summed E-state index contributed by atoms with van der Waals surface area (Å²) in [7, 11) is 0. The molecule has 0 fully saturated rings. The van der Waals surface area contributed by atoms with Crippen molar-refractivity contribution in [2.75, 3.05) is 0 Å². The molecule has 0 unspecified atom stereocenters. The number of rotatable bonds is 3. The number of aromatic nitrogens is 3. The standard InChI is InChI=1S/C47H27N3S2/c1-2-12-28(13-3-1)29-22-24-30(25-23-29)49-38-20-10-6-16-33(38)42-43(49)46-41(40-34-17-7-11-21-39(34)51-45(40)42)35-26-27-48-47(44(35)52-46)50-36-18-8-4-14-31(36)32-15-5-9-19-37(32)50/h1-27H. The first-order chi connectivity index (χ1) is 25.8. The normalized spacial score (nSPS) is 12.2. The fourth-order valence-corrected chi connectivity index (χ4v) is 11.2. The molecule has 5 aromatic heterocycles. The first-order valence-corrected chi connectivity index (χ1v) is 19.2. The molecule has 0 amide bonds. The highest BCUT2D eigenvalue weighted by molar-refractivity contribution is 7.29. The molecule has 0 N–H and O–H groups in total. The molecular weight excluding hydrogens is 671 g/mol. The third kappa shape index (κ3) is 3.76. The highest BCUT2D eigenvalue weighted by Gasteiger charge is 2.26. The van der Waals surface area contributed by atoms with E-state index in [1.165, 1.54) is 95.1 Å². The summed E-state index contributed by atoms with van der Waals surface area (Å²) in [5.74, 6) is 0.979. The second kappa shape index (κ2) is 10.6. The zero-order valence-corrected chi connectivity index (χ0v) is 29.4. The summed E-state index contributed by atoms with van der Waals surface area (Å²) in [6.07, 6.45) is 2.01. The van der Waals surface area contributed by atoms with E-state index in [4.69, 9.17) is 4.98 Å². The molecule has 12 aromatic rings. The number of fused-ring (bicyclic) bond motifs is 15. The van der Waals surface area contributed by atoms with E-state index in [-0.39, 0.29) is 0 Å². The Hall–Kier alpha value is -6.27. The number of para-hydroxylation sites is 3. The van der Waals surface area contributed by atoms with E-state index in [0.29, 0.717) is 0 Å². The van der Waals surface area contributed by atoms with Gasteiger partial charge in [-0.3, -0.25) is 4.57 Å². The molecule has 0 aliphatic heterocycles. The van der Waals surface area contributed by atoms with Crippen molar-refractivity contribution in [2.45, 2.75) is 0 Å². The van der Waals surface area contributed by atoms with Crippen molar-refractivity contribution in [3.8, 4) is 22.6 Å². The zero-order chi connectivity index (χ0) is 33.9. The van der Waals surface area contributed by atoms with Crippen molar-refractivity contribution in [3.05, 3.63) is 164 Å². The van der Waals surface area contributed by atoms with E-state index in [2.05, 4.69) is 167 Å². The highest BCUT2D eigenvalue weighted by atomic mass is 32.1. The molecule has 3 nitrogen and oxygen atoms in total. The van der Waals surface area contributed by atoms with Crippen LogP contribution < -0.4 is 0 Å². The van der Waals surface area contributed by atoms with Gasteiger partial charge in [0.2, 0.25) is 0 Å². The van der Waals surface area contributed by atoms with Crippen LogP contribution in [0.5, 0.6) is 0 Å². The maximum atomic E-state index is 5.19. The highest BCUT2D eigenvalue weighted by Crippen LogP contribution is 2.53. The van der Waals surface area contributed by atoms with Crippen molar-refractivity contribution in [1.29, 1.82) is 0 Å². The first-order valence-electron chi connectivity index (χ1n) is 17.6. The summed E-state index contributed by atoms with van der Waals surface area (Å²) in [6, 6.07) is 57.3. The predicted octanol–water partition coefficient (Wildman–Crippen LogP) is 13.7. The van der Waals surface area contributed by atoms with E-state index >= 15 is 0 Å². The Morgan fingerprint density at radius 2 is 0.962 bits per heavy atom. The minimum atomic E-state index is 0.979. The maximum absolute atomic E-state index is 5.19. The van der Waals surface area contributed by atoms with E-state index in [0.717, 1.165) is 11.5 Å². The molecule has 0 spiro atoms. The number of thiophene rings is 2. The Bertz CT molecular complexity index is 3340. The number of hydrogen-bond donors (Lipinski definition) is 0. The van der Waals surface area contributed by atoms with E-state index in [1.54, 1.807) is 0 Å². The van der Waals surface area contributed by atoms with Crippen LogP contribution >= 0.6 is 22.7 Å². The summed E-state index contributed by atoms with van der Waals surface area (Å²) in [4.78, 5) is 5.19. The van der Waals surface area contributed by atoms with Gasteiger partial charge < -0.3 is 4.57 Å². The van der Waals surface area contributed by atoms with Crippen LogP contribution in [0.25, 0.3) is 107 Å². The fraction of sp³-hybridized carbons (Fsp3) is 0. The lowest BCUT2D eigenvalue weighted by molar-refractivity contribution is 1.11. The SMILES string of the molecule is c1ccc(-c2ccc(-n3c4ccccc4c4c5sc6ccccc6c5c5c6ccnc(-n7c8ccccc8c8ccccc87)c6sc5c43)cc2)cc1. The average Bonchev–Trinajstić information content (AvgIpc) is 3.96. The Labute approximate surface area is 305 Å². The van der Waals surface area contributed by atoms with Gasteiger partial charge in [-0.2, -0.15) is 0 Å². The predicted molar refractivity (Wildman–Crippen MR) is 224 cm³/mol. The molecule has 52 heavy (non-hydrogen) atoms. The number of benzene rings is 7. The lowest BCUT2D eigenvalue weighted by Gasteiger charge is -2.10. The van der Waals surface area contributed by atoms with Crippen molar-refractivity contribution in [2.24, 2.45) is 0 Å². The molecule has 7 aromatic carbocycles. The summed E-state index contributed by atoms with van der Waals surface area (Å²) in [5.41, 5.74) is 8.42. The van der Waals surface area contributed by atoms with Crippen molar-refractivity contribution >= 4 is 107 Å². The molecule has 0 bridgehead atoms. The third-order valence-electron chi connectivity index (χ3n) is 10.8. The molecule has 5 heteroatoms. The average molecular weight is 698 g/mol. The lowest BCUT2D eigenvalue weighted by atomic mass is 10.0. The first kappa shape index (κ1) is 28.4. The van der Waals surface area contributed by atoms with E-state index in [9.17, 15) is 0 Å². The quantitative estimate of drug-likeness (QED) is 0.180. The molecule has 0 saturated heterocycles. The van der Waals surface area contributed by atoms with Crippen molar-refractivity contribution in [1.82, 2.24) is 14.1 Å². The minimum Gasteiger partial charge on any atom is -0.308 e. The largest absolute Gasteiger partial charge is 0.308 e. The van der Waals surface area contributed by atoms with Gasteiger partial charge in [0, 0.05) is 64.4 Å². The van der Waals surface area contributed by atoms with Crippen LogP contribution in [0.1, 0.15) is 0 Å². The van der Waals surface area contributed by atoms with Crippen LogP contribution in [0.4, 0.5) is 0 Å². The topological polar surface area (TPSA) is 22.8 Å². The molecule has 12 rings (SSSR count). The van der Waals surface area contributed by atoms with Gasteiger partial charge in [0.25, 0.3) is 0 Å². The summed E-state index contributed by atoms with van der Waals surface area (Å²) in [5, 5.41) is 10.3.